The van der Waals surface area contributed by atoms with Gasteiger partial charge in [0.1, 0.15) is 17.6 Å². The smallest absolute Gasteiger partial charge is 0.329 e. The maximum absolute atomic E-state index is 13.8. The zero-order chi connectivity index (χ0) is 17.1. The Labute approximate surface area is 142 Å². The van der Waals surface area contributed by atoms with Gasteiger partial charge in [0.25, 0.3) is 0 Å². The highest BCUT2D eigenvalue weighted by Gasteiger charge is 2.52. The van der Waals surface area contributed by atoms with Crippen molar-refractivity contribution in [1.29, 1.82) is 0 Å². The number of hydrogen-bond donors (Lipinski definition) is 1. The second kappa shape index (κ2) is 5.07. The number of nitrogens with zero attached hydrogens (tertiary/aromatic N) is 4. The number of halogens is 3. The van der Waals surface area contributed by atoms with E-state index in [9.17, 15) is 8.78 Å². The standard InChI is InChI=1S/C16H15ClF2N4O/c1-9-4-13(22-14(21-9)16(18,19)8-24)23-7-15(2-3-15)10-6-20-12(17)5-11(10)23/h4-6,24H,2-3,7-8H2,1H3. The summed E-state index contributed by atoms with van der Waals surface area (Å²) in [5, 5.41) is 9.26. The van der Waals surface area contributed by atoms with Crippen LogP contribution < -0.4 is 4.90 Å². The van der Waals surface area contributed by atoms with E-state index in [0.717, 1.165) is 24.1 Å². The largest absolute Gasteiger partial charge is 0.390 e. The Bertz CT molecular complexity index is 826. The molecular weight excluding hydrogens is 338 g/mol. The molecule has 2 aromatic heterocycles. The van der Waals surface area contributed by atoms with Crippen LogP contribution in [0.1, 0.15) is 29.9 Å². The van der Waals surface area contributed by atoms with E-state index in [-0.39, 0.29) is 5.41 Å². The summed E-state index contributed by atoms with van der Waals surface area (Å²) >= 11 is 6.02. The van der Waals surface area contributed by atoms with Crippen molar-refractivity contribution in [3.63, 3.8) is 0 Å². The summed E-state index contributed by atoms with van der Waals surface area (Å²) in [5.41, 5.74) is 2.37. The third-order valence-electron chi connectivity index (χ3n) is 4.67. The highest BCUT2D eigenvalue weighted by Crippen LogP contribution is 2.57. The summed E-state index contributed by atoms with van der Waals surface area (Å²) in [6.45, 7) is 0.961. The zero-order valence-corrected chi connectivity index (χ0v) is 13.7. The molecule has 1 saturated carbocycles. The van der Waals surface area contributed by atoms with E-state index >= 15 is 0 Å². The zero-order valence-electron chi connectivity index (χ0n) is 12.9. The maximum Gasteiger partial charge on any atom is 0.329 e. The van der Waals surface area contributed by atoms with E-state index in [1.165, 1.54) is 0 Å². The molecule has 1 spiro atoms. The fraction of sp³-hybridized carbons (Fsp3) is 0.438. The highest BCUT2D eigenvalue weighted by molar-refractivity contribution is 6.29. The van der Waals surface area contributed by atoms with Gasteiger partial charge in [-0.25, -0.2) is 15.0 Å². The third kappa shape index (κ3) is 2.34. The van der Waals surface area contributed by atoms with Crippen LogP contribution in [0.5, 0.6) is 0 Å². The molecular formula is C16H15ClF2N4O. The molecule has 0 aromatic carbocycles. The molecule has 0 atom stereocenters. The van der Waals surface area contributed by atoms with Crippen LogP contribution in [0, 0.1) is 6.92 Å². The molecule has 0 saturated heterocycles. The Morgan fingerprint density at radius 1 is 1.33 bits per heavy atom. The second-order valence-corrected chi connectivity index (χ2v) is 6.83. The van der Waals surface area contributed by atoms with Gasteiger partial charge in [0, 0.05) is 35.5 Å². The van der Waals surface area contributed by atoms with Crippen molar-refractivity contribution in [3.8, 4) is 0 Å². The van der Waals surface area contributed by atoms with Crippen LogP contribution >= 0.6 is 11.6 Å². The SMILES string of the molecule is Cc1cc(N2CC3(CC3)c3cnc(Cl)cc32)nc(C(F)(F)CO)n1. The number of aryl methyl sites for hydroxylation is 1. The Balaban J connectivity index is 1.82. The van der Waals surface area contributed by atoms with Crippen molar-refractivity contribution in [2.45, 2.75) is 31.1 Å². The lowest BCUT2D eigenvalue weighted by Gasteiger charge is -2.21. The molecule has 1 aliphatic heterocycles. The topological polar surface area (TPSA) is 62.1 Å². The van der Waals surface area contributed by atoms with E-state index in [1.54, 1.807) is 25.3 Å². The number of rotatable bonds is 3. The molecule has 24 heavy (non-hydrogen) atoms. The van der Waals surface area contributed by atoms with Crippen molar-refractivity contribution < 1.29 is 13.9 Å². The highest BCUT2D eigenvalue weighted by atomic mass is 35.5. The van der Waals surface area contributed by atoms with Crippen LogP contribution in [0.25, 0.3) is 0 Å². The molecule has 0 bridgehead atoms. The van der Waals surface area contributed by atoms with Crippen molar-refractivity contribution in [3.05, 3.63) is 40.6 Å². The van der Waals surface area contributed by atoms with Gasteiger partial charge in [-0.15, -0.1) is 0 Å². The fourth-order valence-corrected chi connectivity index (χ4v) is 3.38. The first kappa shape index (κ1) is 15.7. The predicted molar refractivity (Wildman–Crippen MR) is 84.9 cm³/mol. The average Bonchev–Trinajstić information content (AvgIpc) is 3.25. The van der Waals surface area contributed by atoms with Crippen molar-refractivity contribution in [1.82, 2.24) is 15.0 Å². The summed E-state index contributed by atoms with van der Waals surface area (Å²) in [7, 11) is 0. The number of pyridine rings is 1. The first-order chi connectivity index (χ1) is 11.3. The Morgan fingerprint density at radius 3 is 2.75 bits per heavy atom. The summed E-state index contributed by atoms with van der Waals surface area (Å²) in [5.74, 6) is -3.76. The molecule has 1 aliphatic carbocycles. The maximum atomic E-state index is 13.8. The molecule has 4 rings (SSSR count). The van der Waals surface area contributed by atoms with E-state index in [4.69, 9.17) is 16.7 Å². The number of aromatic nitrogens is 3. The number of aliphatic hydroxyl groups excluding tert-OH is 1. The molecule has 5 nitrogen and oxygen atoms in total. The lowest BCUT2D eigenvalue weighted by atomic mass is 10.0. The minimum absolute atomic E-state index is 0.0193. The molecule has 1 N–H and O–H groups in total. The summed E-state index contributed by atoms with van der Waals surface area (Å²) in [6.07, 6.45) is 3.83. The van der Waals surface area contributed by atoms with Gasteiger partial charge in [-0.2, -0.15) is 8.78 Å². The summed E-state index contributed by atoms with van der Waals surface area (Å²) in [6, 6.07) is 3.40. The first-order valence-corrected chi connectivity index (χ1v) is 8.01. The monoisotopic (exact) mass is 352 g/mol. The molecule has 1 fully saturated rings. The summed E-state index contributed by atoms with van der Waals surface area (Å²) < 4.78 is 27.7. The van der Waals surface area contributed by atoms with Gasteiger partial charge in [0.05, 0.1) is 5.69 Å². The molecule has 0 amide bonds. The van der Waals surface area contributed by atoms with Crippen LogP contribution in [-0.4, -0.2) is 33.2 Å². The predicted octanol–water partition coefficient (Wildman–Crippen LogP) is 3.10. The van der Waals surface area contributed by atoms with Crippen LogP contribution in [0.15, 0.2) is 18.3 Å². The van der Waals surface area contributed by atoms with Crippen molar-refractivity contribution >= 4 is 23.1 Å². The first-order valence-electron chi connectivity index (χ1n) is 7.63. The van der Waals surface area contributed by atoms with Crippen molar-refractivity contribution in [2.24, 2.45) is 0 Å². The van der Waals surface area contributed by atoms with Gasteiger partial charge in [-0.3, -0.25) is 0 Å². The quantitative estimate of drug-likeness (QED) is 0.860. The molecule has 2 aromatic rings. The van der Waals surface area contributed by atoms with E-state index < -0.39 is 18.4 Å². The average molecular weight is 353 g/mol. The van der Waals surface area contributed by atoms with Crippen molar-refractivity contribution in [2.75, 3.05) is 18.1 Å². The van der Waals surface area contributed by atoms with Gasteiger partial charge in [-0.1, -0.05) is 11.6 Å². The second-order valence-electron chi connectivity index (χ2n) is 6.44. The van der Waals surface area contributed by atoms with E-state index in [0.29, 0.717) is 23.2 Å². The Morgan fingerprint density at radius 2 is 2.08 bits per heavy atom. The Hall–Kier alpha value is -1.86. The van der Waals surface area contributed by atoms with Gasteiger partial charge in [0.15, 0.2) is 0 Å². The minimum Gasteiger partial charge on any atom is -0.390 e. The molecule has 0 radical (unpaired) electrons. The van der Waals surface area contributed by atoms with E-state index in [1.807, 2.05) is 4.90 Å². The van der Waals surface area contributed by atoms with Crippen LogP contribution in [0.3, 0.4) is 0 Å². The lowest BCUT2D eigenvalue weighted by Crippen LogP contribution is -2.26. The number of hydrogen-bond acceptors (Lipinski definition) is 5. The van der Waals surface area contributed by atoms with Crippen LogP contribution in [-0.2, 0) is 11.3 Å². The normalized spacial score (nSPS) is 18.1. The molecule has 126 valence electrons. The van der Waals surface area contributed by atoms with Gasteiger partial charge in [-0.05, 0) is 25.8 Å². The molecule has 2 aliphatic rings. The molecule has 8 heteroatoms. The minimum atomic E-state index is -3.48. The van der Waals surface area contributed by atoms with Crippen LogP contribution in [0.4, 0.5) is 20.3 Å². The van der Waals surface area contributed by atoms with Gasteiger partial charge >= 0.3 is 5.92 Å². The lowest BCUT2D eigenvalue weighted by molar-refractivity contribution is -0.0631. The van der Waals surface area contributed by atoms with Gasteiger partial charge in [0.2, 0.25) is 5.82 Å². The number of alkyl halides is 2. The number of anilines is 2. The molecule has 3 heterocycles. The van der Waals surface area contributed by atoms with Crippen LogP contribution in [0.2, 0.25) is 5.15 Å². The summed E-state index contributed by atoms with van der Waals surface area (Å²) in [4.78, 5) is 13.9. The Kier molecular flexibility index (Phi) is 3.30. The number of aliphatic hydroxyl groups is 1. The number of fused-ring (bicyclic) bond motifs is 2. The van der Waals surface area contributed by atoms with Gasteiger partial charge < -0.3 is 10.0 Å². The fourth-order valence-electron chi connectivity index (χ4n) is 3.23. The third-order valence-corrected chi connectivity index (χ3v) is 4.87. The van der Waals surface area contributed by atoms with E-state index in [2.05, 4.69) is 15.0 Å². The molecule has 0 unspecified atom stereocenters.